The second-order valence-corrected chi connectivity index (χ2v) is 13.4. The largest absolute Gasteiger partial charge is 0.439 e. The van der Waals surface area contributed by atoms with Crippen LogP contribution >= 0.6 is 0 Å². The second kappa shape index (κ2) is 16.8. The van der Waals surface area contributed by atoms with Crippen molar-refractivity contribution in [2.75, 3.05) is 14.2 Å². The average molecular weight is 710 g/mol. The van der Waals surface area contributed by atoms with Gasteiger partial charge in [-0.3, -0.25) is 13.9 Å². The summed E-state index contributed by atoms with van der Waals surface area (Å²) in [6.45, 7) is 6.43. The molecule has 17 nitrogen and oxygen atoms in total. The fourth-order valence-electron chi connectivity index (χ4n) is 5.28. The number of aliphatic hydroxyl groups is 1. The Balaban J connectivity index is 2.79. The van der Waals surface area contributed by atoms with Crippen molar-refractivity contribution in [3.63, 3.8) is 0 Å². The summed E-state index contributed by atoms with van der Waals surface area (Å²) >= 11 is 0. The van der Waals surface area contributed by atoms with E-state index in [1.54, 1.807) is 26.8 Å². The number of fused-ring (bicyclic) bond motifs is 2. The highest BCUT2D eigenvalue weighted by molar-refractivity contribution is 7.81. The van der Waals surface area contributed by atoms with E-state index < -0.39 is 81.3 Å². The Bertz CT molecular complexity index is 1530. The van der Waals surface area contributed by atoms with Crippen molar-refractivity contribution in [3.05, 3.63) is 58.5 Å². The van der Waals surface area contributed by atoms with E-state index in [1.165, 1.54) is 39.4 Å². The third kappa shape index (κ3) is 12.1. The van der Waals surface area contributed by atoms with Crippen molar-refractivity contribution in [2.24, 2.45) is 23.3 Å². The van der Waals surface area contributed by atoms with Gasteiger partial charge in [-0.25, -0.2) is 13.2 Å². The Morgan fingerprint density at radius 2 is 1.64 bits per heavy atom. The lowest BCUT2D eigenvalue weighted by atomic mass is 9.84. The van der Waals surface area contributed by atoms with Crippen molar-refractivity contribution in [2.45, 2.75) is 77.2 Å². The van der Waals surface area contributed by atoms with E-state index in [0.29, 0.717) is 5.57 Å². The van der Waals surface area contributed by atoms with Gasteiger partial charge in [0.2, 0.25) is 0 Å². The molecule has 266 valence electrons. The average Bonchev–Trinajstić information content (AvgIpc) is 2.94. The van der Waals surface area contributed by atoms with Crippen molar-refractivity contribution < 1.29 is 63.2 Å². The van der Waals surface area contributed by atoms with Gasteiger partial charge >= 0.3 is 26.9 Å². The van der Waals surface area contributed by atoms with Gasteiger partial charge in [-0.15, -0.1) is 0 Å². The number of carbonyl (C=O) groups excluding carboxylic acids is 2. The van der Waals surface area contributed by atoms with Crippen LogP contribution in [0.1, 0.15) is 40.5 Å². The number of aliphatic hydroxyl groups excluding tert-OH is 1. The van der Waals surface area contributed by atoms with Crippen LogP contribution in [0.25, 0.3) is 0 Å². The normalized spacial score (nSPS) is 33.5. The number of methoxy groups -OCH3 is 2. The van der Waals surface area contributed by atoms with Crippen LogP contribution in [-0.2, 0) is 48.2 Å². The lowest BCUT2D eigenvalue weighted by Crippen LogP contribution is -2.42. The number of ether oxygens (including phenoxy) is 3. The molecule has 8 N–H and O–H groups in total. The van der Waals surface area contributed by atoms with E-state index >= 15 is 0 Å². The Kier molecular flexibility index (Phi) is 14.3. The maximum atomic E-state index is 13.2. The second-order valence-electron chi connectivity index (χ2n) is 11.3. The third-order valence-corrected chi connectivity index (χ3v) is 8.41. The van der Waals surface area contributed by atoms with Crippen LogP contribution in [0.2, 0.25) is 0 Å². The standard InChI is InChI=1S/C28H43N3O14S2/c1-14-10-18-23(29)21(44-46(35,36)37)13-19(26(18)45-47(38,39)40)31-27(33)15(2)8-7-9-20(41-5)25(43-28(30)34)17(4)12-16(3)24(32)22(11-14)42-6/h7-9,12-14,16,20-22,24-26,32H,10-11,29H2,1-6H3,(H2,30,34)(H,31,33)(H,35,36,37)(H,38,39,40)/b9-7+,15-8-,17-12+/t14-,16+,20+,21?,22+,24-,25-,26?/m1/s1. The van der Waals surface area contributed by atoms with Gasteiger partial charge in [0.15, 0.2) is 6.10 Å². The van der Waals surface area contributed by atoms with Gasteiger partial charge in [0.05, 0.1) is 17.9 Å². The highest BCUT2D eigenvalue weighted by Gasteiger charge is 2.38. The molecule has 0 aromatic carbocycles. The highest BCUT2D eigenvalue weighted by Crippen LogP contribution is 2.34. The smallest absolute Gasteiger partial charge is 0.405 e. The minimum Gasteiger partial charge on any atom is -0.439 e. The van der Waals surface area contributed by atoms with Crippen molar-refractivity contribution in [1.29, 1.82) is 0 Å². The molecule has 19 heteroatoms. The van der Waals surface area contributed by atoms with Gasteiger partial charge in [-0.2, -0.15) is 16.8 Å². The fraction of sp³-hybridized carbons (Fsp3) is 0.571. The quantitative estimate of drug-likeness (QED) is 0.159. The van der Waals surface area contributed by atoms with Crippen LogP contribution in [0.4, 0.5) is 4.79 Å². The number of hydrogen-bond donors (Lipinski definition) is 6. The van der Waals surface area contributed by atoms with E-state index in [1.807, 2.05) is 0 Å². The molecule has 2 bridgehead atoms. The van der Waals surface area contributed by atoms with Gasteiger partial charge < -0.3 is 36.1 Å². The fourth-order valence-corrected chi connectivity index (χ4v) is 6.16. The molecule has 0 fully saturated rings. The number of carbonyl (C=O) groups is 2. The van der Waals surface area contributed by atoms with Crippen LogP contribution in [0.15, 0.2) is 58.5 Å². The highest BCUT2D eigenvalue weighted by atomic mass is 32.3. The van der Waals surface area contributed by atoms with Gasteiger partial charge in [0, 0.05) is 31.4 Å². The molecule has 0 aromatic rings. The molecular weight excluding hydrogens is 666 g/mol. The zero-order valence-electron chi connectivity index (χ0n) is 26.7. The molecule has 2 amide bonds. The molecule has 0 aromatic heterocycles. The van der Waals surface area contributed by atoms with Gasteiger partial charge in [0.25, 0.3) is 5.91 Å². The lowest BCUT2D eigenvalue weighted by Gasteiger charge is -2.33. The summed E-state index contributed by atoms with van der Waals surface area (Å²) in [7, 11) is -7.60. The number of primary amides is 1. The molecule has 0 saturated heterocycles. The SMILES string of the molecule is CO[C@H]1/C=C/C=C(/C)C(=O)NC2=CC(OS(=O)(=O)O)C(N)=C(C[C@@H](C)C[C@H](OC)[C@H](O)[C@@H](C)/C=C(\C)[C@H]1OC(N)=O)C2OS(=O)(=O)O. The van der Waals surface area contributed by atoms with E-state index in [2.05, 4.69) is 5.32 Å². The first-order valence-electron chi connectivity index (χ1n) is 14.2. The van der Waals surface area contributed by atoms with E-state index in [4.69, 9.17) is 34.0 Å². The predicted molar refractivity (Wildman–Crippen MR) is 167 cm³/mol. The summed E-state index contributed by atoms with van der Waals surface area (Å²) < 4.78 is 92.1. The minimum atomic E-state index is -5.20. The Labute approximate surface area is 274 Å². The first-order chi connectivity index (χ1) is 21.7. The summed E-state index contributed by atoms with van der Waals surface area (Å²) in [5.74, 6) is -1.92. The molecular formula is C28H43N3O14S2. The first kappa shape index (κ1) is 40.0. The molecule has 0 saturated carbocycles. The van der Waals surface area contributed by atoms with Crippen LogP contribution in [-0.4, -0.2) is 93.9 Å². The minimum absolute atomic E-state index is 0.0320. The topological polar surface area (TPSA) is 273 Å². The monoisotopic (exact) mass is 709 g/mol. The molecule has 8 atom stereocenters. The molecule has 2 unspecified atom stereocenters. The van der Waals surface area contributed by atoms with E-state index in [9.17, 15) is 40.6 Å². The van der Waals surface area contributed by atoms with Crippen LogP contribution in [0, 0.1) is 11.8 Å². The van der Waals surface area contributed by atoms with Crippen LogP contribution in [0.3, 0.4) is 0 Å². The number of allylic oxidation sites excluding steroid dienone is 2. The Morgan fingerprint density at radius 3 is 2.17 bits per heavy atom. The molecule has 47 heavy (non-hydrogen) atoms. The number of amides is 2. The summed E-state index contributed by atoms with van der Waals surface area (Å²) in [6, 6.07) is 0. The maximum absolute atomic E-state index is 13.2. The summed E-state index contributed by atoms with van der Waals surface area (Å²) in [6.07, 6.45) is -1.71. The molecule has 2 aliphatic rings. The van der Waals surface area contributed by atoms with Crippen molar-refractivity contribution in [1.82, 2.24) is 5.32 Å². The molecule has 1 heterocycles. The number of nitrogens with one attached hydrogen (secondary N) is 1. The number of nitrogens with two attached hydrogens (primary N) is 2. The predicted octanol–water partition coefficient (Wildman–Crippen LogP) is 0.959. The molecule has 1 aliphatic carbocycles. The maximum Gasteiger partial charge on any atom is 0.405 e. The Hall–Kier alpha value is -3.14. The number of rotatable bonds is 7. The molecule has 2 rings (SSSR count). The molecule has 1 aliphatic heterocycles. The summed E-state index contributed by atoms with van der Waals surface area (Å²) in [4.78, 5) is 25.0. The summed E-state index contributed by atoms with van der Waals surface area (Å²) in [5.41, 5.74) is 11.2. The van der Waals surface area contributed by atoms with Crippen LogP contribution < -0.4 is 16.8 Å². The van der Waals surface area contributed by atoms with E-state index in [0.717, 1.165) is 6.08 Å². The third-order valence-electron chi connectivity index (χ3n) is 7.53. The lowest BCUT2D eigenvalue weighted by molar-refractivity contribution is -0.117. The van der Waals surface area contributed by atoms with Crippen molar-refractivity contribution >= 4 is 32.8 Å². The zero-order valence-corrected chi connectivity index (χ0v) is 28.4. The first-order valence-corrected chi connectivity index (χ1v) is 17.0. The Morgan fingerprint density at radius 1 is 1.02 bits per heavy atom. The van der Waals surface area contributed by atoms with Crippen LogP contribution in [0.5, 0.6) is 0 Å². The van der Waals surface area contributed by atoms with Crippen molar-refractivity contribution in [3.8, 4) is 0 Å². The molecule has 0 spiro atoms. The zero-order chi connectivity index (χ0) is 35.9. The summed E-state index contributed by atoms with van der Waals surface area (Å²) in [5, 5.41) is 13.7. The van der Waals surface area contributed by atoms with Gasteiger partial charge in [-0.1, -0.05) is 38.2 Å². The van der Waals surface area contributed by atoms with Gasteiger partial charge in [0.1, 0.15) is 18.3 Å². The van der Waals surface area contributed by atoms with Gasteiger partial charge in [-0.05, 0) is 49.8 Å². The number of hydrogen-bond acceptors (Lipinski definition) is 13. The van der Waals surface area contributed by atoms with E-state index in [-0.39, 0.29) is 35.4 Å². The molecule has 0 radical (unpaired) electrons.